The largest absolute Gasteiger partial charge is 0.341 e. The van der Waals surface area contributed by atoms with Gasteiger partial charge in [-0.2, -0.15) is 0 Å². The fraction of sp³-hybridized carbons (Fsp3) is 0.200. The van der Waals surface area contributed by atoms with Crippen LogP contribution in [-0.2, 0) is 0 Å². The Labute approximate surface area is 188 Å². The maximum atomic E-state index is 2.38. The molecule has 0 atom stereocenters. The maximum absolute atomic E-state index is 2.38. The van der Waals surface area contributed by atoms with Crippen molar-refractivity contribution >= 4 is 16.9 Å². The van der Waals surface area contributed by atoms with E-state index in [0.717, 1.165) is 19.4 Å². The second kappa shape index (κ2) is 11.8. The van der Waals surface area contributed by atoms with E-state index >= 15 is 0 Å². The summed E-state index contributed by atoms with van der Waals surface area (Å²) in [4.78, 5) is 2.38. The Hall–Kier alpha value is -3.32. The smallest absolute Gasteiger partial charge is 0.0410 e. The molecule has 0 aliphatic heterocycles. The topological polar surface area (TPSA) is 3.24 Å². The lowest BCUT2D eigenvalue weighted by Gasteiger charge is -2.24. The third kappa shape index (κ3) is 6.33. The Morgan fingerprint density at radius 1 is 0.742 bits per heavy atom. The predicted molar refractivity (Wildman–Crippen MR) is 137 cm³/mol. The highest BCUT2D eigenvalue weighted by molar-refractivity contribution is 5.71. The molecule has 0 spiro atoms. The molecule has 3 aromatic rings. The van der Waals surface area contributed by atoms with E-state index in [4.69, 9.17) is 0 Å². The van der Waals surface area contributed by atoms with Gasteiger partial charge >= 0.3 is 0 Å². The van der Waals surface area contributed by atoms with Crippen LogP contribution in [0.15, 0.2) is 120 Å². The number of rotatable bonds is 9. The van der Waals surface area contributed by atoms with Crippen molar-refractivity contribution in [3.8, 4) is 0 Å². The standard InChI is InChI=1S/C30H33N/c1-4-16-27(25(2)26(3)28-17-8-5-9-18-28)19-14-15-24-31(29-20-10-6-11-21-29)30-22-12-7-13-23-30/h5-14,16-23H,4,15,24H2,1-3H3/b19-14-,26-25+,27-16+. The number of para-hydroxylation sites is 2. The molecule has 1 nitrogen and oxygen atoms in total. The van der Waals surface area contributed by atoms with Crippen molar-refractivity contribution < 1.29 is 0 Å². The van der Waals surface area contributed by atoms with E-state index in [1.165, 1.54) is 33.7 Å². The van der Waals surface area contributed by atoms with E-state index in [1.54, 1.807) is 0 Å². The highest BCUT2D eigenvalue weighted by Crippen LogP contribution is 2.26. The molecule has 0 aliphatic carbocycles. The summed E-state index contributed by atoms with van der Waals surface area (Å²) in [6.07, 6.45) is 8.92. The van der Waals surface area contributed by atoms with Gasteiger partial charge in [0.2, 0.25) is 0 Å². The second-order valence-electron chi connectivity index (χ2n) is 7.70. The minimum atomic E-state index is 0.935. The third-order valence-corrected chi connectivity index (χ3v) is 5.58. The van der Waals surface area contributed by atoms with Gasteiger partial charge in [-0.25, -0.2) is 0 Å². The number of hydrogen-bond acceptors (Lipinski definition) is 1. The van der Waals surface area contributed by atoms with Crippen molar-refractivity contribution in [2.45, 2.75) is 33.6 Å². The number of allylic oxidation sites excluding steroid dienone is 5. The highest BCUT2D eigenvalue weighted by atomic mass is 15.1. The van der Waals surface area contributed by atoms with E-state index in [9.17, 15) is 0 Å². The summed E-state index contributed by atoms with van der Waals surface area (Å²) in [6.45, 7) is 7.58. The van der Waals surface area contributed by atoms with Crippen molar-refractivity contribution in [1.29, 1.82) is 0 Å². The first-order valence-corrected chi connectivity index (χ1v) is 11.2. The lowest BCUT2D eigenvalue weighted by Crippen LogP contribution is -2.17. The van der Waals surface area contributed by atoms with Gasteiger partial charge < -0.3 is 4.90 Å². The zero-order valence-corrected chi connectivity index (χ0v) is 19.0. The molecule has 0 saturated carbocycles. The van der Waals surface area contributed by atoms with Crippen LogP contribution in [0.25, 0.3) is 5.57 Å². The molecule has 0 unspecified atom stereocenters. The quantitative estimate of drug-likeness (QED) is 0.321. The Kier molecular flexibility index (Phi) is 8.48. The van der Waals surface area contributed by atoms with Crippen LogP contribution in [0.1, 0.15) is 39.2 Å². The Morgan fingerprint density at radius 2 is 1.26 bits per heavy atom. The van der Waals surface area contributed by atoms with Crippen LogP contribution in [0.3, 0.4) is 0 Å². The molecular formula is C30H33N. The van der Waals surface area contributed by atoms with Gasteiger partial charge in [0.1, 0.15) is 0 Å². The third-order valence-electron chi connectivity index (χ3n) is 5.58. The maximum Gasteiger partial charge on any atom is 0.0410 e. The van der Waals surface area contributed by atoms with Crippen LogP contribution in [-0.4, -0.2) is 6.54 Å². The van der Waals surface area contributed by atoms with E-state index in [-0.39, 0.29) is 0 Å². The first-order valence-electron chi connectivity index (χ1n) is 11.2. The van der Waals surface area contributed by atoms with Gasteiger partial charge in [-0.05, 0) is 73.2 Å². The van der Waals surface area contributed by atoms with Crippen LogP contribution in [0.5, 0.6) is 0 Å². The van der Waals surface area contributed by atoms with Gasteiger partial charge in [0.15, 0.2) is 0 Å². The molecule has 0 aliphatic rings. The first kappa shape index (κ1) is 22.4. The minimum absolute atomic E-state index is 0.935. The van der Waals surface area contributed by atoms with Gasteiger partial charge in [-0.15, -0.1) is 0 Å². The van der Waals surface area contributed by atoms with Gasteiger partial charge in [0.05, 0.1) is 0 Å². The zero-order chi connectivity index (χ0) is 21.9. The molecule has 0 saturated heterocycles. The number of nitrogens with zero attached hydrogens (tertiary/aromatic N) is 1. The molecule has 31 heavy (non-hydrogen) atoms. The Balaban J connectivity index is 1.75. The molecule has 3 aromatic carbocycles. The normalized spacial score (nSPS) is 12.7. The number of hydrogen-bond donors (Lipinski definition) is 0. The molecule has 158 valence electrons. The van der Waals surface area contributed by atoms with E-state index in [2.05, 4.69) is 135 Å². The summed E-state index contributed by atoms with van der Waals surface area (Å²) < 4.78 is 0. The highest BCUT2D eigenvalue weighted by Gasteiger charge is 2.08. The number of benzene rings is 3. The molecule has 0 radical (unpaired) electrons. The van der Waals surface area contributed by atoms with E-state index < -0.39 is 0 Å². The van der Waals surface area contributed by atoms with Crippen molar-refractivity contribution in [1.82, 2.24) is 0 Å². The lowest BCUT2D eigenvalue weighted by atomic mass is 9.96. The Morgan fingerprint density at radius 3 is 1.77 bits per heavy atom. The molecule has 0 N–H and O–H groups in total. The second-order valence-corrected chi connectivity index (χ2v) is 7.70. The first-order chi connectivity index (χ1) is 15.2. The lowest BCUT2D eigenvalue weighted by molar-refractivity contribution is 0.940. The Bertz CT molecular complexity index is 972. The number of anilines is 2. The average molecular weight is 408 g/mol. The molecule has 0 aromatic heterocycles. The van der Waals surface area contributed by atoms with Crippen molar-refractivity contribution in [3.63, 3.8) is 0 Å². The zero-order valence-electron chi connectivity index (χ0n) is 19.0. The summed E-state index contributed by atoms with van der Waals surface area (Å²) in [5.74, 6) is 0. The van der Waals surface area contributed by atoms with Gasteiger partial charge in [0.25, 0.3) is 0 Å². The van der Waals surface area contributed by atoms with E-state index in [0.29, 0.717) is 0 Å². The molecular weight excluding hydrogens is 374 g/mol. The van der Waals surface area contributed by atoms with Crippen LogP contribution in [0, 0.1) is 0 Å². The summed E-state index contributed by atoms with van der Waals surface area (Å²) in [5, 5.41) is 0. The van der Waals surface area contributed by atoms with Crippen LogP contribution in [0.4, 0.5) is 11.4 Å². The molecule has 0 heterocycles. The van der Waals surface area contributed by atoms with Crippen LogP contribution >= 0.6 is 0 Å². The molecule has 0 amide bonds. The van der Waals surface area contributed by atoms with E-state index in [1.807, 2.05) is 0 Å². The van der Waals surface area contributed by atoms with Crippen molar-refractivity contribution in [2.24, 2.45) is 0 Å². The molecule has 0 bridgehead atoms. The van der Waals surface area contributed by atoms with Crippen molar-refractivity contribution in [2.75, 3.05) is 11.4 Å². The fourth-order valence-corrected chi connectivity index (χ4v) is 3.72. The minimum Gasteiger partial charge on any atom is -0.341 e. The monoisotopic (exact) mass is 407 g/mol. The summed E-state index contributed by atoms with van der Waals surface area (Å²) in [7, 11) is 0. The van der Waals surface area contributed by atoms with Gasteiger partial charge in [0, 0.05) is 17.9 Å². The fourth-order valence-electron chi connectivity index (χ4n) is 3.72. The van der Waals surface area contributed by atoms with Gasteiger partial charge in [-0.1, -0.05) is 91.9 Å². The van der Waals surface area contributed by atoms with Crippen molar-refractivity contribution in [3.05, 3.63) is 126 Å². The molecule has 3 rings (SSSR count). The SMILES string of the molecule is CC/C=C(\C=C/CCN(c1ccccc1)c1ccccc1)C(/C)=C(\C)c1ccccc1. The van der Waals surface area contributed by atoms with Crippen LogP contribution < -0.4 is 4.90 Å². The summed E-state index contributed by atoms with van der Waals surface area (Å²) in [5.41, 5.74) is 7.72. The average Bonchev–Trinajstić information content (AvgIpc) is 2.84. The summed E-state index contributed by atoms with van der Waals surface area (Å²) in [6, 6.07) is 31.9. The summed E-state index contributed by atoms with van der Waals surface area (Å²) >= 11 is 0. The van der Waals surface area contributed by atoms with Gasteiger partial charge in [-0.3, -0.25) is 0 Å². The molecule has 0 fully saturated rings. The van der Waals surface area contributed by atoms with Crippen LogP contribution in [0.2, 0.25) is 0 Å². The molecule has 1 heteroatoms. The predicted octanol–water partition coefficient (Wildman–Crippen LogP) is 8.60.